The van der Waals surface area contributed by atoms with Crippen LogP contribution in [0.25, 0.3) is 0 Å². The molecule has 6 nitrogen and oxygen atoms in total. The van der Waals surface area contributed by atoms with Gasteiger partial charge in [-0.05, 0) is 11.6 Å². The quantitative estimate of drug-likeness (QED) is 0.798. The summed E-state index contributed by atoms with van der Waals surface area (Å²) in [5.41, 5.74) is 1.63. The fourth-order valence-corrected chi connectivity index (χ4v) is 3.07. The van der Waals surface area contributed by atoms with Crippen LogP contribution < -0.4 is 10.1 Å². The van der Waals surface area contributed by atoms with E-state index in [0.717, 1.165) is 19.6 Å². The van der Waals surface area contributed by atoms with Crippen molar-refractivity contribution in [3.8, 4) is 5.88 Å². The van der Waals surface area contributed by atoms with E-state index >= 15 is 0 Å². The highest BCUT2D eigenvalue weighted by molar-refractivity contribution is 5.74. The zero-order valence-corrected chi connectivity index (χ0v) is 15.9. The van der Waals surface area contributed by atoms with Gasteiger partial charge in [0.15, 0.2) is 6.61 Å². The summed E-state index contributed by atoms with van der Waals surface area (Å²) >= 11 is 0. The lowest BCUT2D eigenvalue weighted by atomic mass is 10.2. The predicted octanol–water partition coefficient (Wildman–Crippen LogP) is 3.05. The molecule has 1 aliphatic heterocycles. The minimum Gasteiger partial charge on any atom is -0.468 e. The van der Waals surface area contributed by atoms with Crippen LogP contribution in [-0.2, 0) is 13.1 Å². The molecule has 0 unspecified atom stereocenters. The molecule has 1 aromatic carbocycles. The van der Waals surface area contributed by atoms with Gasteiger partial charge in [-0.25, -0.2) is 9.78 Å². The van der Waals surface area contributed by atoms with E-state index in [1.54, 1.807) is 17.0 Å². The third-order valence-corrected chi connectivity index (χ3v) is 4.56. The van der Waals surface area contributed by atoms with E-state index in [1.807, 2.05) is 18.2 Å². The van der Waals surface area contributed by atoms with Crippen LogP contribution in [0.4, 0.5) is 18.0 Å². The molecule has 1 aromatic heterocycles. The first-order valence-electron chi connectivity index (χ1n) is 9.33. The number of nitrogens with one attached hydrogen (secondary N) is 1. The van der Waals surface area contributed by atoms with Crippen molar-refractivity contribution in [3.05, 3.63) is 59.8 Å². The van der Waals surface area contributed by atoms with Gasteiger partial charge in [0.1, 0.15) is 0 Å². The summed E-state index contributed by atoms with van der Waals surface area (Å²) in [6, 6.07) is 13.1. The maximum absolute atomic E-state index is 12.4. The summed E-state index contributed by atoms with van der Waals surface area (Å²) in [4.78, 5) is 20.2. The second-order valence-corrected chi connectivity index (χ2v) is 6.78. The normalized spacial score (nSPS) is 15.2. The second-order valence-electron chi connectivity index (χ2n) is 6.78. The Balaban J connectivity index is 1.46. The summed E-state index contributed by atoms with van der Waals surface area (Å²) < 4.78 is 41.8. The smallest absolute Gasteiger partial charge is 0.422 e. The van der Waals surface area contributed by atoms with Crippen molar-refractivity contribution in [2.45, 2.75) is 19.3 Å². The van der Waals surface area contributed by atoms with Crippen LogP contribution in [0.2, 0.25) is 0 Å². The number of ether oxygens (including phenoxy) is 1. The van der Waals surface area contributed by atoms with E-state index in [2.05, 4.69) is 27.3 Å². The van der Waals surface area contributed by atoms with Gasteiger partial charge < -0.3 is 15.0 Å². The fraction of sp³-hybridized carbons (Fsp3) is 0.400. The Hall–Kier alpha value is -2.81. The zero-order valence-electron chi connectivity index (χ0n) is 15.9. The van der Waals surface area contributed by atoms with Crippen LogP contribution in [0.5, 0.6) is 5.88 Å². The van der Waals surface area contributed by atoms with Gasteiger partial charge in [-0.15, -0.1) is 0 Å². The number of carbonyl (C=O) groups excluding carboxylic acids is 1. The van der Waals surface area contributed by atoms with Gasteiger partial charge in [0.05, 0.1) is 0 Å². The van der Waals surface area contributed by atoms with E-state index < -0.39 is 12.8 Å². The van der Waals surface area contributed by atoms with E-state index in [4.69, 9.17) is 4.74 Å². The lowest BCUT2D eigenvalue weighted by Crippen LogP contribution is -2.51. The van der Waals surface area contributed by atoms with Crippen molar-refractivity contribution < 1.29 is 22.7 Å². The third-order valence-electron chi connectivity index (χ3n) is 4.56. The summed E-state index contributed by atoms with van der Waals surface area (Å²) in [6.07, 6.45) is -3.10. The first-order valence-corrected chi connectivity index (χ1v) is 9.33. The molecule has 0 radical (unpaired) electrons. The number of hydrogen-bond acceptors (Lipinski definition) is 4. The van der Waals surface area contributed by atoms with E-state index in [9.17, 15) is 18.0 Å². The van der Waals surface area contributed by atoms with E-state index in [0.29, 0.717) is 18.7 Å². The summed E-state index contributed by atoms with van der Waals surface area (Å²) in [5.74, 6) is -0.127. The molecule has 0 atom stereocenters. The van der Waals surface area contributed by atoms with Crippen LogP contribution in [0.15, 0.2) is 48.7 Å². The van der Waals surface area contributed by atoms with Gasteiger partial charge in [0.25, 0.3) is 0 Å². The lowest BCUT2D eigenvalue weighted by molar-refractivity contribution is -0.154. The van der Waals surface area contributed by atoms with Crippen molar-refractivity contribution in [3.63, 3.8) is 0 Å². The molecule has 0 saturated carbocycles. The van der Waals surface area contributed by atoms with Crippen molar-refractivity contribution >= 4 is 6.03 Å². The molecule has 1 aliphatic rings. The Morgan fingerprint density at radius 3 is 2.48 bits per heavy atom. The van der Waals surface area contributed by atoms with Crippen molar-refractivity contribution in [1.82, 2.24) is 20.1 Å². The Morgan fingerprint density at radius 1 is 1.07 bits per heavy atom. The number of nitrogens with zero attached hydrogens (tertiary/aromatic N) is 3. The fourth-order valence-electron chi connectivity index (χ4n) is 3.07. The van der Waals surface area contributed by atoms with Gasteiger partial charge >= 0.3 is 12.2 Å². The molecule has 3 rings (SSSR count). The Bertz CT molecular complexity index is 794. The van der Waals surface area contributed by atoms with Gasteiger partial charge in [-0.1, -0.05) is 36.4 Å². The summed E-state index contributed by atoms with van der Waals surface area (Å²) in [5, 5.41) is 2.74. The number of alkyl halides is 3. The average Bonchev–Trinajstić information content (AvgIpc) is 2.72. The molecule has 2 amide bonds. The SMILES string of the molecule is O=C(NCc1cccnc1OCC(F)(F)F)N1CCN(Cc2ccccc2)CC1. The number of amides is 2. The van der Waals surface area contributed by atoms with Gasteiger partial charge in [-0.2, -0.15) is 13.2 Å². The van der Waals surface area contributed by atoms with E-state index in [-0.39, 0.29) is 18.5 Å². The summed E-state index contributed by atoms with van der Waals surface area (Å²) in [7, 11) is 0. The van der Waals surface area contributed by atoms with Crippen LogP contribution in [0.1, 0.15) is 11.1 Å². The van der Waals surface area contributed by atoms with Crippen LogP contribution in [0.3, 0.4) is 0 Å². The largest absolute Gasteiger partial charge is 0.468 e. The van der Waals surface area contributed by atoms with Gasteiger partial charge in [0.2, 0.25) is 5.88 Å². The van der Waals surface area contributed by atoms with Gasteiger partial charge in [0, 0.05) is 51.0 Å². The van der Waals surface area contributed by atoms with Crippen LogP contribution >= 0.6 is 0 Å². The first-order chi connectivity index (χ1) is 13.9. The molecule has 1 saturated heterocycles. The average molecular weight is 408 g/mol. The highest BCUT2D eigenvalue weighted by atomic mass is 19.4. The maximum atomic E-state index is 12.4. The summed E-state index contributed by atoms with van der Waals surface area (Å²) in [6.45, 7) is 2.15. The Kier molecular flexibility index (Phi) is 6.92. The molecule has 2 aromatic rings. The van der Waals surface area contributed by atoms with Crippen molar-refractivity contribution in [2.24, 2.45) is 0 Å². The number of pyridine rings is 1. The molecule has 2 heterocycles. The Labute approximate surface area is 167 Å². The van der Waals surface area contributed by atoms with Crippen LogP contribution in [-0.4, -0.2) is 59.8 Å². The molecule has 0 aliphatic carbocycles. The monoisotopic (exact) mass is 408 g/mol. The number of urea groups is 1. The predicted molar refractivity (Wildman–Crippen MR) is 101 cm³/mol. The first kappa shape index (κ1) is 20.9. The topological polar surface area (TPSA) is 57.7 Å². The van der Waals surface area contributed by atoms with Crippen molar-refractivity contribution in [1.29, 1.82) is 0 Å². The number of piperazine rings is 1. The molecule has 156 valence electrons. The molecular weight excluding hydrogens is 385 g/mol. The van der Waals surface area contributed by atoms with E-state index in [1.165, 1.54) is 11.8 Å². The van der Waals surface area contributed by atoms with Crippen molar-refractivity contribution in [2.75, 3.05) is 32.8 Å². The molecule has 29 heavy (non-hydrogen) atoms. The molecule has 9 heteroatoms. The molecule has 1 N–H and O–H groups in total. The molecule has 0 spiro atoms. The highest BCUT2D eigenvalue weighted by Gasteiger charge is 2.29. The highest BCUT2D eigenvalue weighted by Crippen LogP contribution is 2.20. The number of rotatable bonds is 6. The number of carbonyl (C=O) groups is 1. The molecule has 0 bridgehead atoms. The lowest BCUT2D eigenvalue weighted by Gasteiger charge is -2.34. The third kappa shape index (κ3) is 6.63. The Morgan fingerprint density at radius 2 is 1.79 bits per heavy atom. The maximum Gasteiger partial charge on any atom is 0.422 e. The standard InChI is InChI=1S/C20H23F3N4O2/c21-20(22,23)15-29-18-17(7-4-8-24-18)13-25-19(28)27-11-9-26(10-12-27)14-16-5-2-1-3-6-16/h1-8H,9-15H2,(H,25,28). The second kappa shape index (κ2) is 9.60. The number of halogens is 3. The number of benzene rings is 1. The number of hydrogen-bond donors (Lipinski definition) is 1. The number of aromatic nitrogens is 1. The molecule has 1 fully saturated rings. The minimum atomic E-state index is -4.45. The van der Waals surface area contributed by atoms with Gasteiger partial charge in [-0.3, -0.25) is 4.90 Å². The minimum absolute atomic E-state index is 0.0457. The van der Waals surface area contributed by atoms with Crippen LogP contribution in [0, 0.1) is 0 Å². The zero-order chi connectivity index (χ0) is 20.7. The molecular formula is C20H23F3N4O2.